The van der Waals surface area contributed by atoms with Gasteiger partial charge in [-0.2, -0.15) is 0 Å². The molecule has 0 aliphatic carbocycles. The summed E-state index contributed by atoms with van der Waals surface area (Å²) < 4.78 is 4.58. The van der Waals surface area contributed by atoms with Crippen LogP contribution in [0, 0.1) is 5.41 Å². The van der Waals surface area contributed by atoms with E-state index in [2.05, 4.69) is 9.72 Å². The van der Waals surface area contributed by atoms with Gasteiger partial charge < -0.3 is 9.84 Å². The Labute approximate surface area is 116 Å². The first kappa shape index (κ1) is 15.6. The maximum atomic E-state index is 11.7. The number of ether oxygens (including phenoxy) is 1. The lowest BCUT2D eigenvalue weighted by Crippen LogP contribution is -2.39. The molecule has 0 saturated heterocycles. The van der Waals surface area contributed by atoms with Crippen molar-refractivity contribution in [2.24, 2.45) is 5.41 Å². The van der Waals surface area contributed by atoms with Gasteiger partial charge in [0.25, 0.3) is 0 Å². The minimum absolute atomic E-state index is 0.0375. The van der Waals surface area contributed by atoms with Crippen LogP contribution in [0.2, 0.25) is 0 Å². The molecule has 0 fully saturated rings. The first-order valence-electron chi connectivity index (χ1n) is 5.88. The Balaban J connectivity index is 3.02. The summed E-state index contributed by atoms with van der Waals surface area (Å²) in [6.45, 7) is 7.45. The Kier molecular flexibility index (Phi) is 4.35. The quantitative estimate of drug-likeness (QED) is 0.678. The molecule has 1 N–H and O–H groups in total. The fourth-order valence-electron chi connectivity index (χ4n) is 1.50. The Morgan fingerprint density at radius 2 is 1.95 bits per heavy atom. The summed E-state index contributed by atoms with van der Waals surface area (Å²) in [5.41, 5.74) is -0.799. The second-order valence-corrected chi connectivity index (χ2v) is 6.62. The van der Waals surface area contributed by atoms with Crippen molar-refractivity contribution in [1.82, 2.24) is 4.98 Å². The SMILES string of the molecule is COC(=O)C(C)(Cc1nc(C(C)(C)C)cs1)C(=O)O. The summed E-state index contributed by atoms with van der Waals surface area (Å²) in [5, 5.41) is 11.8. The van der Waals surface area contributed by atoms with E-state index in [0.717, 1.165) is 5.69 Å². The van der Waals surface area contributed by atoms with Gasteiger partial charge in [0.15, 0.2) is 5.41 Å². The molecule has 106 valence electrons. The highest BCUT2D eigenvalue weighted by molar-refractivity contribution is 7.09. The largest absolute Gasteiger partial charge is 0.480 e. The van der Waals surface area contributed by atoms with Crippen LogP contribution in [0.5, 0.6) is 0 Å². The number of hydrogen-bond acceptors (Lipinski definition) is 5. The van der Waals surface area contributed by atoms with E-state index < -0.39 is 17.4 Å². The third-order valence-corrected chi connectivity index (χ3v) is 3.78. The van der Waals surface area contributed by atoms with Gasteiger partial charge in [-0.15, -0.1) is 11.3 Å². The van der Waals surface area contributed by atoms with Crippen molar-refractivity contribution in [3.05, 3.63) is 16.1 Å². The van der Waals surface area contributed by atoms with Crippen LogP contribution in [0.25, 0.3) is 0 Å². The number of carboxylic acids is 1. The topological polar surface area (TPSA) is 76.5 Å². The van der Waals surface area contributed by atoms with Gasteiger partial charge in [0.1, 0.15) is 0 Å². The van der Waals surface area contributed by atoms with E-state index >= 15 is 0 Å². The average molecular weight is 285 g/mol. The number of carbonyl (C=O) groups excluding carboxylic acids is 1. The highest BCUT2D eigenvalue weighted by Gasteiger charge is 2.43. The molecular formula is C13H19NO4S. The van der Waals surface area contributed by atoms with Gasteiger partial charge in [0.05, 0.1) is 17.8 Å². The Morgan fingerprint density at radius 1 is 1.37 bits per heavy atom. The first-order valence-corrected chi connectivity index (χ1v) is 6.76. The summed E-state index contributed by atoms with van der Waals surface area (Å²) >= 11 is 1.37. The fourth-order valence-corrected chi connectivity index (χ4v) is 2.68. The van der Waals surface area contributed by atoms with Crippen LogP contribution in [0.4, 0.5) is 0 Å². The van der Waals surface area contributed by atoms with E-state index in [1.807, 2.05) is 26.2 Å². The second-order valence-electron chi connectivity index (χ2n) is 5.68. The average Bonchev–Trinajstić information content (AvgIpc) is 2.75. The van der Waals surface area contributed by atoms with Crippen LogP contribution in [0.15, 0.2) is 5.38 Å². The lowest BCUT2D eigenvalue weighted by atomic mass is 9.87. The van der Waals surface area contributed by atoms with Crippen LogP contribution in [-0.2, 0) is 26.2 Å². The van der Waals surface area contributed by atoms with Crippen LogP contribution in [0.1, 0.15) is 38.4 Å². The van der Waals surface area contributed by atoms with Gasteiger partial charge in [-0.25, -0.2) is 4.98 Å². The molecule has 0 radical (unpaired) electrons. The van der Waals surface area contributed by atoms with E-state index in [1.165, 1.54) is 25.4 Å². The number of nitrogens with zero attached hydrogens (tertiary/aromatic N) is 1. The molecule has 0 bridgehead atoms. The third-order valence-electron chi connectivity index (χ3n) is 2.93. The van der Waals surface area contributed by atoms with Crippen molar-refractivity contribution < 1.29 is 19.4 Å². The lowest BCUT2D eigenvalue weighted by molar-refractivity contribution is -0.165. The first-order chi connectivity index (χ1) is 8.61. The number of esters is 1. The van der Waals surface area contributed by atoms with Gasteiger partial charge in [-0.1, -0.05) is 20.8 Å². The standard InChI is InChI=1S/C13H19NO4S/c1-12(2,3)8-7-19-9(14-8)6-13(4,10(15)16)11(17)18-5/h7H,6H2,1-5H3,(H,15,16). The van der Waals surface area contributed by atoms with Crippen LogP contribution < -0.4 is 0 Å². The van der Waals surface area contributed by atoms with E-state index in [1.54, 1.807) is 0 Å². The molecule has 5 nitrogen and oxygen atoms in total. The van der Waals surface area contributed by atoms with Crippen LogP contribution in [-0.4, -0.2) is 29.1 Å². The predicted molar refractivity (Wildman–Crippen MR) is 72.3 cm³/mol. The number of rotatable bonds is 4. The van der Waals surface area contributed by atoms with Gasteiger partial charge in [0, 0.05) is 17.2 Å². The molecule has 1 atom stereocenters. The molecule has 0 spiro atoms. The molecule has 0 aliphatic heterocycles. The van der Waals surface area contributed by atoms with Gasteiger partial charge in [0.2, 0.25) is 0 Å². The minimum Gasteiger partial charge on any atom is -0.480 e. The van der Waals surface area contributed by atoms with E-state index in [-0.39, 0.29) is 11.8 Å². The predicted octanol–water partition coefficient (Wildman–Crippen LogP) is 2.25. The van der Waals surface area contributed by atoms with E-state index in [4.69, 9.17) is 0 Å². The second kappa shape index (κ2) is 5.28. The smallest absolute Gasteiger partial charge is 0.323 e. The van der Waals surface area contributed by atoms with Crippen molar-refractivity contribution in [3.8, 4) is 0 Å². The highest BCUT2D eigenvalue weighted by Crippen LogP contribution is 2.29. The summed E-state index contributed by atoms with van der Waals surface area (Å²) in [7, 11) is 1.19. The number of thiazole rings is 1. The minimum atomic E-state index is -1.60. The van der Waals surface area contributed by atoms with Crippen LogP contribution >= 0.6 is 11.3 Å². The maximum absolute atomic E-state index is 11.7. The van der Waals surface area contributed by atoms with Crippen molar-refractivity contribution in [2.75, 3.05) is 7.11 Å². The molecule has 0 aliphatic rings. The van der Waals surface area contributed by atoms with E-state index in [9.17, 15) is 14.7 Å². The number of carbonyl (C=O) groups is 2. The molecule has 1 heterocycles. The van der Waals surface area contributed by atoms with Gasteiger partial charge in [-0.3, -0.25) is 9.59 Å². The molecule has 1 aromatic heterocycles. The number of methoxy groups -OCH3 is 1. The van der Waals surface area contributed by atoms with Crippen molar-refractivity contribution >= 4 is 23.3 Å². The molecule has 1 unspecified atom stereocenters. The Bertz CT molecular complexity index is 489. The fraction of sp³-hybridized carbons (Fsp3) is 0.615. The van der Waals surface area contributed by atoms with E-state index in [0.29, 0.717) is 5.01 Å². The maximum Gasteiger partial charge on any atom is 0.323 e. The summed E-state index contributed by atoms with van der Waals surface area (Å²) in [6, 6.07) is 0. The molecule has 0 saturated carbocycles. The lowest BCUT2D eigenvalue weighted by Gasteiger charge is -2.20. The molecule has 0 aromatic carbocycles. The molecule has 0 amide bonds. The molecule has 1 rings (SSSR count). The third kappa shape index (κ3) is 3.32. The summed E-state index contributed by atoms with van der Waals surface area (Å²) in [4.78, 5) is 27.4. The zero-order valence-electron chi connectivity index (χ0n) is 11.8. The summed E-state index contributed by atoms with van der Waals surface area (Å²) in [6.07, 6.45) is 0.0375. The number of hydrogen-bond donors (Lipinski definition) is 1. The Morgan fingerprint density at radius 3 is 2.32 bits per heavy atom. The van der Waals surface area contributed by atoms with Crippen molar-refractivity contribution in [2.45, 2.75) is 39.5 Å². The molecular weight excluding hydrogens is 266 g/mol. The number of aromatic nitrogens is 1. The Hall–Kier alpha value is -1.43. The van der Waals surface area contributed by atoms with Crippen molar-refractivity contribution in [1.29, 1.82) is 0 Å². The zero-order chi connectivity index (χ0) is 14.8. The number of carboxylic acid groups (broad SMARTS) is 1. The monoisotopic (exact) mass is 285 g/mol. The van der Waals surface area contributed by atoms with Crippen molar-refractivity contribution in [3.63, 3.8) is 0 Å². The van der Waals surface area contributed by atoms with Crippen LogP contribution in [0.3, 0.4) is 0 Å². The van der Waals surface area contributed by atoms with Gasteiger partial charge >= 0.3 is 11.9 Å². The highest BCUT2D eigenvalue weighted by atomic mass is 32.1. The zero-order valence-corrected chi connectivity index (χ0v) is 12.6. The molecule has 6 heteroatoms. The van der Waals surface area contributed by atoms with Gasteiger partial charge in [-0.05, 0) is 6.92 Å². The normalized spacial score (nSPS) is 14.8. The summed E-state index contributed by atoms with van der Waals surface area (Å²) in [5.74, 6) is -1.96. The molecule has 19 heavy (non-hydrogen) atoms. The molecule has 1 aromatic rings. The number of aliphatic carboxylic acids is 1.